The van der Waals surface area contributed by atoms with Crippen molar-refractivity contribution in [3.63, 3.8) is 0 Å². The van der Waals surface area contributed by atoms with E-state index in [0.29, 0.717) is 0 Å². The molecule has 2 rings (SSSR count). The second-order valence-corrected chi connectivity index (χ2v) is 4.30. The smallest absolute Gasteiger partial charge is 0.0574 e. The van der Waals surface area contributed by atoms with Crippen LogP contribution in [0, 0.1) is 12.3 Å². The number of hydrogen-bond acceptors (Lipinski definition) is 2. The normalized spacial score (nSPS) is 10.1. The number of anilines is 1. The Morgan fingerprint density at radius 3 is 3.13 bits per heavy atom. The van der Waals surface area contributed by atoms with E-state index in [1.807, 2.05) is 0 Å². The summed E-state index contributed by atoms with van der Waals surface area (Å²) >= 11 is 1.77. The molecule has 0 saturated carbocycles. The minimum absolute atomic E-state index is 0.841. The van der Waals surface area contributed by atoms with Crippen LogP contribution in [0.2, 0.25) is 0 Å². The predicted octanol–water partition coefficient (Wildman–Crippen LogP) is 3.73. The molecular weight excluding hydrogens is 202 g/mol. The summed E-state index contributed by atoms with van der Waals surface area (Å²) in [4.78, 5) is 0. The average molecular weight is 215 g/mol. The van der Waals surface area contributed by atoms with Gasteiger partial charge in [0.25, 0.3) is 0 Å². The summed E-state index contributed by atoms with van der Waals surface area (Å²) in [7, 11) is 0. The lowest BCUT2D eigenvalue weighted by Crippen LogP contribution is -2.00. The van der Waals surface area contributed by atoms with E-state index in [0.717, 1.165) is 19.4 Å². The Kier molecular flexibility index (Phi) is 3.26. The van der Waals surface area contributed by atoms with Crippen molar-refractivity contribution in [2.24, 2.45) is 0 Å². The summed E-state index contributed by atoms with van der Waals surface area (Å²) < 4.78 is 1.33. The number of rotatable bonds is 4. The first kappa shape index (κ1) is 10.1. The highest BCUT2D eigenvalue weighted by atomic mass is 32.1. The van der Waals surface area contributed by atoms with Gasteiger partial charge in [0.05, 0.1) is 10.4 Å². The number of unbranched alkanes of at least 4 members (excludes halogenated alkanes) is 1. The van der Waals surface area contributed by atoms with Crippen LogP contribution < -0.4 is 5.32 Å². The first-order valence-electron chi connectivity index (χ1n) is 5.05. The molecular formula is C13H13NS. The van der Waals surface area contributed by atoms with E-state index in [4.69, 9.17) is 6.42 Å². The van der Waals surface area contributed by atoms with E-state index in [1.165, 1.54) is 15.8 Å². The van der Waals surface area contributed by atoms with Crippen molar-refractivity contribution in [3.8, 4) is 12.3 Å². The van der Waals surface area contributed by atoms with Crippen molar-refractivity contribution in [1.82, 2.24) is 0 Å². The summed E-state index contributed by atoms with van der Waals surface area (Å²) in [5.41, 5.74) is 1.22. The van der Waals surface area contributed by atoms with Gasteiger partial charge < -0.3 is 5.32 Å². The van der Waals surface area contributed by atoms with Gasteiger partial charge in [-0.3, -0.25) is 0 Å². The lowest BCUT2D eigenvalue weighted by Gasteiger charge is -2.05. The molecule has 76 valence electrons. The van der Waals surface area contributed by atoms with Gasteiger partial charge >= 0.3 is 0 Å². The maximum absolute atomic E-state index is 5.21. The van der Waals surface area contributed by atoms with E-state index < -0.39 is 0 Å². The van der Waals surface area contributed by atoms with Crippen molar-refractivity contribution >= 4 is 27.1 Å². The zero-order valence-electron chi connectivity index (χ0n) is 8.49. The van der Waals surface area contributed by atoms with Crippen LogP contribution in [0.25, 0.3) is 10.1 Å². The number of thiophene rings is 1. The number of benzene rings is 1. The fourth-order valence-electron chi connectivity index (χ4n) is 1.55. The van der Waals surface area contributed by atoms with Gasteiger partial charge in [-0.1, -0.05) is 12.1 Å². The van der Waals surface area contributed by atoms with E-state index in [-0.39, 0.29) is 0 Å². The minimum Gasteiger partial charge on any atom is -0.384 e. The second-order valence-electron chi connectivity index (χ2n) is 3.38. The van der Waals surface area contributed by atoms with Crippen molar-refractivity contribution in [3.05, 3.63) is 29.6 Å². The van der Waals surface area contributed by atoms with Crippen molar-refractivity contribution in [2.45, 2.75) is 12.8 Å². The van der Waals surface area contributed by atoms with Gasteiger partial charge in [0.2, 0.25) is 0 Å². The molecule has 0 aliphatic heterocycles. The van der Waals surface area contributed by atoms with Crippen LogP contribution in [0.5, 0.6) is 0 Å². The SMILES string of the molecule is C#CCCCNc1cccc2ccsc12. The molecule has 0 amide bonds. The third-order valence-electron chi connectivity index (χ3n) is 2.29. The molecule has 2 heteroatoms. The highest BCUT2D eigenvalue weighted by Crippen LogP contribution is 2.28. The van der Waals surface area contributed by atoms with Gasteiger partial charge in [-0.05, 0) is 29.3 Å². The minimum atomic E-state index is 0.841. The van der Waals surface area contributed by atoms with E-state index in [9.17, 15) is 0 Å². The van der Waals surface area contributed by atoms with Gasteiger partial charge in [0.1, 0.15) is 0 Å². The summed E-state index contributed by atoms with van der Waals surface area (Å²) in [6.07, 6.45) is 7.07. The molecule has 1 heterocycles. The Balaban J connectivity index is 2.08. The van der Waals surface area contributed by atoms with E-state index in [1.54, 1.807) is 11.3 Å². The Hall–Kier alpha value is -1.46. The molecule has 15 heavy (non-hydrogen) atoms. The predicted molar refractivity (Wildman–Crippen MR) is 68.4 cm³/mol. The molecule has 0 saturated heterocycles. The first-order valence-corrected chi connectivity index (χ1v) is 5.93. The molecule has 1 aromatic carbocycles. The molecule has 1 aromatic heterocycles. The van der Waals surface area contributed by atoms with Crippen molar-refractivity contribution in [2.75, 3.05) is 11.9 Å². The topological polar surface area (TPSA) is 12.0 Å². The van der Waals surface area contributed by atoms with Crippen molar-refractivity contribution < 1.29 is 0 Å². The maximum Gasteiger partial charge on any atom is 0.0574 e. The van der Waals surface area contributed by atoms with Crippen LogP contribution in [0.15, 0.2) is 29.6 Å². The molecule has 0 aliphatic carbocycles. The standard InChI is InChI=1S/C13H13NS/c1-2-3-4-9-14-12-7-5-6-11-8-10-15-13(11)12/h1,5-8,10,14H,3-4,9H2. The molecule has 0 bridgehead atoms. The Morgan fingerprint density at radius 2 is 2.27 bits per heavy atom. The molecule has 1 N–H and O–H groups in total. The summed E-state index contributed by atoms with van der Waals surface area (Å²) in [5, 5.41) is 6.85. The van der Waals surface area contributed by atoms with Gasteiger partial charge in [-0.2, -0.15) is 0 Å². The van der Waals surface area contributed by atoms with Crippen LogP contribution in [0.4, 0.5) is 5.69 Å². The fourth-order valence-corrected chi connectivity index (χ4v) is 2.44. The first-order chi connectivity index (χ1) is 7.42. The monoisotopic (exact) mass is 215 g/mol. The summed E-state index contributed by atoms with van der Waals surface area (Å²) in [6.45, 7) is 0.946. The van der Waals surface area contributed by atoms with E-state index >= 15 is 0 Å². The Morgan fingerprint density at radius 1 is 1.33 bits per heavy atom. The van der Waals surface area contributed by atoms with E-state index in [2.05, 4.69) is 40.9 Å². The molecule has 0 spiro atoms. The molecule has 0 fully saturated rings. The average Bonchev–Trinajstić information content (AvgIpc) is 2.73. The number of nitrogens with one attached hydrogen (secondary N) is 1. The zero-order valence-corrected chi connectivity index (χ0v) is 9.31. The van der Waals surface area contributed by atoms with Crippen LogP contribution in [0.1, 0.15) is 12.8 Å². The van der Waals surface area contributed by atoms with Gasteiger partial charge in [0, 0.05) is 13.0 Å². The molecule has 2 aromatic rings. The van der Waals surface area contributed by atoms with Crippen LogP contribution in [0.3, 0.4) is 0 Å². The molecule has 0 unspecified atom stereocenters. The van der Waals surface area contributed by atoms with Gasteiger partial charge in [-0.25, -0.2) is 0 Å². The molecule has 0 radical (unpaired) electrons. The lowest BCUT2D eigenvalue weighted by molar-refractivity contribution is 0.909. The second kappa shape index (κ2) is 4.86. The largest absolute Gasteiger partial charge is 0.384 e. The summed E-state index contributed by atoms with van der Waals surface area (Å²) in [5.74, 6) is 2.65. The van der Waals surface area contributed by atoms with Crippen LogP contribution in [-0.4, -0.2) is 6.54 Å². The molecule has 1 nitrogen and oxygen atoms in total. The van der Waals surface area contributed by atoms with Crippen molar-refractivity contribution in [1.29, 1.82) is 0 Å². The van der Waals surface area contributed by atoms with Crippen LogP contribution in [-0.2, 0) is 0 Å². The van der Waals surface area contributed by atoms with Gasteiger partial charge in [-0.15, -0.1) is 23.7 Å². The lowest BCUT2D eigenvalue weighted by atomic mass is 10.2. The highest BCUT2D eigenvalue weighted by molar-refractivity contribution is 7.17. The van der Waals surface area contributed by atoms with Crippen LogP contribution >= 0.6 is 11.3 Å². The number of fused-ring (bicyclic) bond motifs is 1. The highest BCUT2D eigenvalue weighted by Gasteiger charge is 2.00. The quantitative estimate of drug-likeness (QED) is 0.605. The summed E-state index contributed by atoms with van der Waals surface area (Å²) in [6, 6.07) is 8.48. The number of terminal acetylenes is 1. The molecule has 0 atom stereocenters. The Bertz CT molecular complexity index is 478. The number of hydrogen-bond donors (Lipinski definition) is 1. The van der Waals surface area contributed by atoms with Gasteiger partial charge in [0.15, 0.2) is 0 Å². The Labute approximate surface area is 94.1 Å². The maximum atomic E-state index is 5.21. The third kappa shape index (κ3) is 2.31. The molecule has 0 aliphatic rings. The fraction of sp³-hybridized carbons (Fsp3) is 0.231. The third-order valence-corrected chi connectivity index (χ3v) is 3.26. The zero-order chi connectivity index (χ0) is 10.5.